The van der Waals surface area contributed by atoms with Gasteiger partial charge in [0.15, 0.2) is 5.52 Å². The zero-order valence-electron chi connectivity index (χ0n) is 14.7. The van der Waals surface area contributed by atoms with Crippen LogP contribution < -0.4 is 4.57 Å². The molecular weight excluding hydrogens is 280 g/mol. The van der Waals surface area contributed by atoms with Gasteiger partial charge in [0, 0.05) is 5.56 Å². The Bertz CT molecular complexity index is 857. The van der Waals surface area contributed by atoms with Crippen LogP contribution in [0.15, 0.2) is 48.8 Å². The van der Waals surface area contributed by atoms with Crippen LogP contribution in [-0.2, 0) is 13.5 Å². The summed E-state index contributed by atoms with van der Waals surface area (Å²) in [4.78, 5) is 4.65. The molecule has 2 nitrogen and oxygen atoms in total. The van der Waals surface area contributed by atoms with Gasteiger partial charge in [-0.25, -0.2) is 4.57 Å². The summed E-state index contributed by atoms with van der Waals surface area (Å²) in [6.45, 7) is 8.98. The number of aromatic nitrogens is 2. The van der Waals surface area contributed by atoms with E-state index in [1.165, 1.54) is 27.8 Å². The smallest absolute Gasteiger partial charge is 0.232 e. The van der Waals surface area contributed by atoms with E-state index < -0.39 is 0 Å². The van der Waals surface area contributed by atoms with Crippen LogP contribution in [0.25, 0.3) is 22.2 Å². The van der Waals surface area contributed by atoms with Gasteiger partial charge in [-0.15, -0.1) is 0 Å². The van der Waals surface area contributed by atoms with Crippen LogP contribution in [0.5, 0.6) is 0 Å². The molecule has 118 valence electrons. The number of nitrogens with zero attached hydrogens (tertiary/aromatic N) is 2. The molecule has 0 N–H and O–H groups in total. The zero-order valence-corrected chi connectivity index (χ0v) is 14.7. The lowest BCUT2D eigenvalue weighted by Gasteiger charge is -2.18. The van der Waals surface area contributed by atoms with Gasteiger partial charge in [-0.3, -0.25) is 0 Å². The minimum atomic E-state index is 0.284. The van der Waals surface area contributed by atoms with Crippen molar-refractivity contribution in [1.82, 2.24) is 4.98 Å². The third-order valence-corrected chi connectivity index (χ3v) is 4.17. The van der Waals surface area contributed by atoms with Gasteiger partial charge in [-0.05, 0) is 47.0 Å². The molecule has 2 heteroatoms. The first-order valence-electron chi connectivity index (χ1n) is 8.18. The first kappa shape index (κ1) is 15.7. The van der Waals surface area contributed by atoms with E-state index in [4.69, 9.17) is 0 Å². The summed E-state index contributed by atoms with van der Waals surface area (Å²) in [7, 11) is 2.07. The monoisotopic (exact) mass is 305 g/mol. The molecule has 0 unspecified atom stereocenters. The molecule has 2 aromatic carbocycles. The highest BCUT2D eigenvalue weighted by Gasteiger charge is 2.18. The van der Waals surface area contributed by atoms with Crippen molar-refractivity contribution >= 4 is 10.9 Å². The van der Waals surface area contributed by atoms with Gasteiger partial charge in [0.25, 0.3) is 6.33 Å². The largest absolute Gasteiger partial charge is 0.287 e. The van der Waals surface area contributed by atoms with Crippen LogP contribution in [0.4, 0.5) is 0 Å². The van der Waals surface area contributed by atoms with E-state index in [1.54, 1.807) is 0 Å². The Labute approximate surface area is 138 Å². The fourth-order valence-electron chi connectivity index (χ4n) is 3.18. The van der Waals surface area contributed by atoms with Crippen molar-refractivity contribution in [1.29, 1.82) is 0 Å². The Balaban J connectivity index is 2.19. The molecule has 0 radical (unpaired) electrons. The summed E-state index contributed by atoms with van der Waals surface area (Å²) in [6, 6.07) is 15.2. The molecule has 0 saturated heterocycles. The van der Waals surface area contributed by atoms with Crippen LogP contribution in [0.3, 0.4) is 0 Å². The van der Waals surface area contributed by atoms with E-state index in [0.717, 1.165) is 11.9 Å². The molecule has 0 aliphatic heterocycles. The van der Waals surface area contributed by atoms with Crippen molar-refractivity contribution in [3.05, 3.63) is 59.9 Å². The molecule has 1 heterocycles. The molecule has 0 aliphatic rings. The first-order chi connectivity index (χ1) is 10.8. The lowest BCUT2D eigenvalue weighted by molar-refractivity contribution is -0.662. The zero-order chi connectivity index (χ0) is 16.6. The molecule has 0 fully saturated rings. The summed E-state index contributed by atoms with van der Waals surface area (Å²) in [5, 5.41) is 1.21. The highest BCUT2D eigenvalue weighted by Crippen LogP contribution is 2.28. The summed E-state index contributed by atoms with van der Waals surface area (Å²) >= 11 is 0. The Morgan fingerprint density at radius 1 is 1.04 bits per heavy atom. The van der Waals surface area contributed by atoms with Gasteiger partial charge in [0.2, 0.25) is 0 Å². The topological polar surface area (TPSA) is 16.8 Å². The van der Waals surface area contributed by atoms with Crippen molar-refractivity contribution in [3.8, 4) is 11.3 Å². The summed E-state index contributed by atoms with van der Waals surface area (Å²) in [5.41, 5.74) is 6.49. The van der Waals surface area contributed by atoms with Crippen molar-refractivity contribution in [3.63, 3.8) is 0 Å². The molecular formula is C21H25N2+. The molecule has 3 rings (SSSR count). The van der Waals surface area contributed by atoms with Crippen LogP contribution in [0.2, 0.25) is 0 Å². The average Bonchev–Trinajstić information content (AvgIpc) is 2.47. The molecule has 1 aromatic heterocycles. The van der Waals surface area contributed by atoms with Gasteiger partial charge in [-0.1, -0.05) is 51.1 Å². The number of aryl methyl sites for hydroxylation is 2. The number of fused-ring (bicyclic) bond motifs is 1. The fourth-order valence-corrected chi connectivity index (χ4v) is 3.18. The number of benzene rings is 2. The maximum atomic E-state index is 4.65. The number of hydrogen-bond donors (Lipinski definition) is 0. The third kappa shape index (κ3) is 3.26. The van der Waals surface area contributed by atoms with Crippen molar-refractivity contribution in [2.75, 3.05) is 0 Å². The molecule has 23 heavy (non-hydrogen) atoms. The number of rotatable bonds is 2. The maximum absolute atomic E-state index is 4.65. The maximum Gasteiger partial charge on any atom is 0.287 e. The molecule has 0 atom stereocenters. The Morgan fingerprint density at radius 3 is 2.48 bits per heavy atom. The second-order valence-electron chi connectivity index (χ2n) is 7.61. The summed E-state index contributed by atoms with van der Waals surface area (Å²) < 4.78 is 2.12. The Kier molecular flexibility index (Phi) is 3.93. The Morgan fingerprint density at radius 2 is 1.78 bits per heavy atom. The second kappa shape index (κ2) is 5.77. The van der Waals surface area contributed by atoms with Crippen molar-refractivity contribution in [2.45, 2.75) is 34.1 Å². The van der Waals surface area contributed by atoms with Gasteiger partial charge in [0.1, 0.15) is 5.69 Å². The standard InChI is InChI=1S/C21H25N2/c1-15-8-6-7-9-17(15)20-18-11-10-16(13-21(2,3)4)12-19(18)22-14-23(20)5/h6-12,14H,13H2,1-5H3/q+1. The van der Waals surface area contributed by atoms with E-state index in [0.29, 0.717) is 0 Å². The van der Waals surface area contributed by atoms with Gasteiger partial charge < -0.3 is 0 Å². The molecule has 0 saturated carbocycles. The van der Waals surface area contributed by atoms with Gasteiger partial charge >= 0.3 is 0 Å². The van der Waals surface area contributed by atoms with Crippen LogP contribution >= 0.6 is 0 Å². The molecule has 0 bridgehead atoms. The van der Waals surface area contributed by atoms with Crippen LogP contribution in [0.1, 0.15) is 31.9 Å². The molecule has 0 spiro atoms. The average molecular weight is 305 g/mol. The van der Waals surface area contributed by atoms with Crippen LogP contribution in [-0.4, -0.2) is 4.98 Å². The highest BCUT2D eigenvalue weighted by molar-refractivity contribution is 5.91. The molecule has 0 amide bonds. The minimum absolute atomic E-state index is 0.284. The molecule has 3 aromatic rings. The van der Waals surface area contributed by atoms with Gasteiger partial charge in [-0.2, -0.15) is 0 Å². The number of hydrogen-bond acceptors (Lipinski definition) is 1. The molecule has 0 aliphatic carbocycles. The quantitative estimate of drug-likeness (QED) is 0.631. The van der Waals surface area contributed by atoms with E-state index in [1.807, 2.05) is 6.33 Å². The predicted molar refractivity (Wildman–Crippen MR) is 96.3 cm³/mol. The third-order valence-electron chi connectivity index (χ3n) is 4.17. The highest BCUT2D eigenvalue weighted by atomic mass is 15.0. The van der Waals surface area contributed by atoms with Crippen LogP contribution in [0, 0.1) is 12.3 Å². The predicted octanol–water partition coefficient (Wildman–Crippen LogP) is 4.62. The lowest BCUT2D eigenvalue weighted by Crippen LogP contribution is -2.31. The van der Waals surface area contributed by atoms with Gasteiger partial charge in [0.05, 0.1) is 12.4 Å². The van der Waals surface area contributed by atoms with E-state index >= 15 is 0 Å². The second-order valence-corrected chi connectivity index (χ2v) is 7.61. The summed E-state index contributed by atoms with van der Waals surface area (Å²) in [6.07, 6.45) is 2.98. The van der Waals surface area contributed by atoms with E-state index in [2.05, 4.69) is 86.8 Å². The summed E-state index contributed by atoms with van der Waals surface area (Å²) in [5.74, 6) is 0. The normalized spacial score (nSPS) is 11.9. The van der Waals surface area contributed by atoms with E-state index in [-0.39, 0.29) is 5.41 Å². The minimum Gasteiger partial charge on any atom is -0.232 e. The Hall–Kier alpha value is -2.22. The fraction of sp³-hybridized carbons (Fsp3) is 0.333. The van der Waals surface area contributed by atoms with Crippen molar-refractivity contribution < 1.29 is 4.57 Å². The first-order valence-corrected chi connectivity index (χ1v) is 8.18. The SMILES string of the molecule is Cc1ccccc1-c1c2ccc(CC(C)(C)C)cc2nc[n+]1C. The van der Waals surface area contributed by atoms with E-state index in [9.17, 15) is 0 Å². The lowest BCUT2D eigenvalue weighted by atomic mass is 9.87. The van der Waals surface area contributed by atoms with Crippen molar-refractivity contribution in [2.24, 2.45) is 12.5 Å².